The van der Waals surface area contributed by atoms with Gasteiger partial charge in [-0.2, -0.15) is 0 Å². The third-order valence-electron chi connectivity index (χ3n) is 2.84. The summed E-state index contributed by atoms with van der Waals surface area (Å²) in [5, 5.41) is 9.79. The van der Waals surface area contributed by atoms with Crippen LogP contribution in [0.5, 0.6) is 5.75 Å². The maximum atomic E-state index is 12.3. The highest BCUT2D eigenvalue weighted by Crippen LogP contribution is 2.23. The Balaban J connectivity index is 2.18. The van der Waals surface area contributed by atoms with Crippen LogP contribution < -0.4 is 0 Å². The van der Waals surface area contributed by atoms with E-state index in [9.17, 15) is 9.90 Å². The normalized spacial score (nSPS) is 10.3. The predicted octanol–water partition coefficient (Wildman–Crippen LogP) is 4.08. The lowest BCUT2D eigenvalue weighted by molar-refractivity contribution is 0.0785. The summed E-state index contributed by atoms with van der Waals surface area (Å²) in [6, 6.07) is 12.1. The molecule has 0 aliphatic carbocycles. The van der Waals surface area contributed by atoms with Crippen LogP contribution in [0.4, 0.5) is 0 Å². The van der Waals surface area contributed by atoms with Gasteiger partial charge in [0.05, 0.1) is 10.6 Å². The molecule has 0 radical (unpaired) electrons. The molecule has 0 unspecified atom stereocenters. The number of phenols is 1. The summed E-state index contributed by atoms with van der Waals surface area (Å²) in [6.07, 6.45) is 0. The van der Waals surface area contributed by atoms with Gasteiger partial charge >= 0.3 is 0 Å². The van der Waals surface area contributed by atoms with Gasteiger partial charge in [-0.25, -0.2) is 0 Å². The number of phenolic OH excluding ortho intramolecular Hbond substituents is 1. The predicted molar refractivity (Wildman–Crippen MR) is 83.1 cm³/mol. The molecule has 0 saturated heterocycles. The second-order valence-corrected chi connectivity index (χ2v) is 5.78. The van der Waals surface area contributed by atoms with Gasteiger partial charge in [-0.05, 0) is 35.9 Å². The quantitative estimate of drug-likeness (QED) is 0.902. The third-order valence-corrected chi connectivity index (χ3v) is 3.66. The molecular formula is C15H13BrClNO2. The van der Waals surface area contributed by atoms with Gasteiger partial charge in [-0.15, -0.1) is 0 Å². The number of carbonyl (C=O) groups is 1. The molecule has 0 heterocycles. The summed E-state index contributed by atoms with van der Waals surface area (Å²) in [5.74, 6) is -0.209. The molecule has 0 bridgehead atoms. The highest BCUT2D eigenvalue weighted by atomic mass is 79.9. The topological polar surface area (TPSA) is 40.5 Å². The van der Waals surface area contributed by atoms with Crippen molar-refractivity contribution >= 4 is 33.4 Å². The van der Waals surface area contributed by atoms with Crippen molar-refractivity contribution in [1.29, 1.82) is 0 Å². The minimum Gasteiger partial charge on any atom is -0.508 e. The van der Waals surface area contributed by atoms with Crippen LogP contribution in [0.25, 0.3) is 0 Å². The van der Waals surface area contributed by atoms with E-state index in [1.165, 1.54) is 18.2 Å². The summed E-state index contributed by atoms with van der Waals surface area (Å²) in [4.78, 5) is 13.9. The van der Waals surface area contributed by atoms with Gasteiger partial charge < -0.3 is 10.0 Å². The Bertz CT molecular complexity index is 646. The highest BCUT2D eigenvalue weighted by molar-refractivity contribution is 9.10. The van der Waals surface area contributed by atoms with E-state index in [0.29, 0.717) is 17.1 Å². The lowest BCUT2D eigenvalue weighted by atomic mass is 10.1. The molecule has 5 heteroatoms. The van der Waals surface area contributed by atoms with Crippen molar-refractivity contribution in [2.24, 2.45) is 0 Å². The minimum absolute atomic E-state index is 0.0219. The van der Waals surface area contributed by atoms with E-state index < -0.39 is 0 Å². The largest absolute Gasteiger partial charge is 0.508 e. The smallest absolute Gasteiger partial charge is 0.255 e. The van der Waals surface area contributed by atoms with Gasteiger partial charge in [-0.3, -0.25) is 4.79 Å². The Morgan fingerprint density at radius 3 is 2.75 bits per heavy atom. The molecule has 104 valence electrons. The molecule has 1 amide bonds. The van der Waals surface area contributed by atoms with E-state index >= 15 is 0 Å². The molecule has 2 aromatic rings. The zero-order valence-corrected chi connectivity index (χ0v) is 13.1. The van der Waals surface area contributed by atoms with Crippen molar-refractivity contribution in [3.63, 3.8) is 0 Å². The first-order valence-electron chi connectivity index (χ1n) is 5.96. The maximum absolute atomic E-state index is 12.3. The molecular weight excluding hydrogens is 342 g/mol. The van der Waals surface area contributed by atoms with E-state index in [-0.39, 0.29) is 11.7 Å². The van der Waals surface area contributed by atoms with Gasteiger partial charge in [0.1, 0.15) is 5.75 Å². The van der Waals surface area contributed by atoms with E-state index in [0.717, 1.165) is 10.0 Å². The van der Waals surface area contributed by atoms with Crippen molar-refractivity contribution < 1.29 is 9.90 Å². The summed E-state index contributed by atoms with van der Waals surface area (Å²) in [7, 11) is 1.70. The van der Waals surface area contributed by atoms with Gasteiger partial charge in [0.25, 0.3) is 5.91 Å². The zero-order valence-electron chi connectivity index (χ0n) is 10.8. The van der Waals surface area contributed by atoms with Gasteiger partial charge in [0, 0.05) is 18.1 Å². The minimum atomic E-state index is -0.231. The second kappa shape index (κ2) is 6.29. The van der Waals surface area contributed by atoms with E-state index in [2.05, 4.69) is 15.9 Å². The molecule has 0 atom stereocenters. The van der Waals surface area contributed by atoms with Crippen LogP contribution in [0.3, 0.4) is 0 Å². The Hall–Kier alpha value is -1.52. The molecule has 0 spiro atoms. The van der Waals surface area contributed by atoms with Crippen molar-refractivity contribution in [3.05, 3.63) is 63.1 Å². The molecule has 0 aromatic heterocycles. The number of hydrogen-bond acceptors (Lipinski definition) is 2. The average molecular weight is 355 g/mol. The van der Waals surface area contributed by atoms with E-state index in [1.807, 2.05) is 24.3 Å². The highest BCUT2D eigenvalue weighted by Gasteiger charge is 2.16. The summed E-state index contributed by atoms with van der Waals surface area (Å²) >= 11 is 9.39. The molecule has 0 aliphatic rings. The number of halogens is 2. The van der Waals surface area contributed by atoms with Crippen molar-refractivity contribution in [3.8, 4) is 5.75 Å². The Morgan fingerprint density at radius 2 is 2.05 bits per heavy atom. The molecule has 0 saturated carbocycles. The summed E-state index contributed by atoms with van der Waals surface area (Å²) in [5.41, 5.74) is 1.30. The molecule has 2 rings (SSSR count). The van der Waals surface area contributed by atoms with Crippen LogP contribution in [0.1, 0.15) is 15.9 Å². The third kappa shape index (κ3) is 3.52. The van der Waals surface area contributed by atoms with Crippen LogP contribution in [-0.2, 0) is 6.54 Å². The SMILES string of the molecule is CN(Cc1cccc(Br)c1)C(=O)c1cc(O)ccc1Cl. The molecule has 0 fully saturated rings. The second-order valence-electron chi connectivity index (χ2n) is 4.46. The van der Waals surface area contributed by atoms with Gasteiger partial charge in [0.15, 0.2) is 0 Å². The standard InChI is InChI=1S/C15H13BrClNO2/c1-18(9-10-3-2-4-11(16)7-10)15(20)13-8-12(19)5-6-14(13)17/h2-8,19H,9H2,1H3. The number of amides is 1. The zero-order chi connectivity index (χ0) is 14.7. The summed E-state index contributed by atoms with van der Waals surface area (Å²) < 4.78 is 0.964. The van der Waals surface area contributed by atoms with Crippen molar-refractivity contribution in [2.45, 2.75) is 6.54 Å². The number of hydrogen-bond donors (Lipinski definition) is 1. The summed E-state index contributed by atoms with van der Waals surface area (Å²) in [6.45, 7) is 0.463. The lowest BCUT2D eigenvalue weighted by Crippen LogP contribution is -2.26. The number of rotatable bonds is 3. The van der Waals surface area contributed by atoms with Crippen LogP contribution >= 0.6 is 27.5 Å². The Labute approximate surface area is 130 Å². The number of nitrogens with zero attached hydrogens (tertiary/aromatic N) is 1. The number of benzene rings is 2. The lowest BCUT2D eigenvalue weighted by Gasteiger charge is -2.18. The number of carbonyl (C=O) groups excluding carboxylic acids is 1. The van der Waals surface area contributed by atoms with Crippen molar-refractivity contribution in [1.82, 2.24) is 4.90 Å². The average Bonchev–Trinajstić information content (AvgIpc) is 2.40. The van der Waals surface area contributed by atoms with Crippen LogP contribution in [0, 0.1) is 0 Å². The first kappa shape index (κ1) is 14.9. The Kier molecular flexibility index (Phi) is 4.68. The molecule has 2 aromatic carbocycles. The van der Waals surface area contributed by atoms with Gasteiger partial charge in [0.2, 0.25) is 0 Å². The van der Waals surface area contributed by atoms with E-state index in [1.54, 1.807) is 11.9 Å². The van der Waals surface area contributed by atoms with Crippen LogP contribution in [-0.4, -0.2) is 23.0 Å². The Morgan fingerprint density at radius 1 is 1.30 bits per heavy atom. The fourth-order valence-electron chi connectivity index (χ4n) is 1.86. The molecule has 1 N–H and O–H groups in total. The monoisotopic (exact) mass is 353 g/mol. The van der Waals surface area contributed by atoms with Crippen LogP contribution in [0.2, 0.25) is 5.02 Å². The first-order chi connectivity index (χ1) is 9.47. The number of aromatic hydroxyl groups is 1. The van der Waals surface area contributed by atoms with Gasteiger partial charge in [-0.1, -0.05) is 39.7 Å². The van der Waals surface area contributed by atoms with E-state index in [4.69, 9.17) is 11.6 Å². The maximum Gasteiger partial charge on any atom is 0.255 e. The molecule has 0 aliphatic heterocycles. The van der Waals surface area contributed by atoms with Crippen LogP contribution in [0.15, 0.2) is 46.9 Å². The fourth-order valence-corrected chi connectivity index (χ4v) is 2.51. The first-order valence-corrected chi connectivity index (χ1v) is 7.13. The van der Waals surface area contributed by atoms with Crippen molar-refractivity contribution in [2.75, 3.05) is 7.05 Å². The molecule has 20 heavy (non-hydrogen) atoms. The molecule has 3 nitrogen and oxygen atoms in total. The fraction of sp³-hybridized carbons (Fsp3) is 0.133.